The first-order chi connectivity index (χ1) is 8.23. The number of nitrogens with two attached hydrogens (primary N) is 1. The van der Waals surface area contributed by atoms with Gasteiger partial charge in [0.25, 0.3) is 0 Å². The summed E-state index contributed by atoms with van der Waals surface area (Å²) in [6.07, 6.45) is 3.68. The number of hydrogen-bond donors (Lipinski definition) is 2. The van der Waals surface area contributed by atoms with Crippen molar-refractivity contribution in [2.24, 2.45) is 11.3 Å². The summed E-state index contributed by atoms with van der Waals surface area (Å²) in [5.74, 6) is 0.580. The summed E-state index contributed by atoms with van der Waals surface area (Å²) >= 11 is 0. The lowest BCUT2D eigenvalue weighted by atomic mass is 9.90. The predicted octanol–water partition coefficient (Wildman–Crippen LogP) is 1.87. The van der Waals surface area contributed by atoms with Crippen LogP contribution in [0.3, 0.4) is 0 Å². The second-order valence-electron chi connectivity index (χ2n) is 5.52. The van der Waals surface area contributed by atoms with Gasteiger partial charge in [-0.2, -0.15) is 0 Å². The Kier molecular flexibility index (Phi) is 2.51. The standard InChI is InChI=1S/C14H20N2O/c15-12-1-3-13(4-2-12)16-7-5-14(6-8-16)9-11(14)10-17/h1-4,11,17H,5-10,15H2. The van der Waals surface area contributed by atoms with E-state index in [0.717, 1.165) is 18.8 Å². The van der Waals surface area contributed by atoms with Crippen molar-refractivity contribution in [2.75, 3.05) is 30.3 Å². The van der Waals surface area contributed by atoms with Gasteiger partial charge >= 0.3 is 0 Å². The maximum absolute atomic E-state index is 9.21. The van der Waals surface area contributed by atoms with Crippen LogP contribution in [0.25, 0.3) is 0 Å². The molecule has 1 heterocycles. The third-order valence-corrected chi connectivity index (χ3v) is 4.60. The lowest BCUT2D eigenvalue weighted by molar-refractivity contribution is 0.232. The second-order valence-corrected chi connectivity index (χ2v) is 5.52. The summed E-state index contributed by atoms with van der Waals surface area (Å²) < 4.78 is 0. The van der Waals surface area contributed by atoms with E-state index in [9.17, 15) is 5.11 Å². The minimum absolute atomic E-state index is 0.377. The summed E-state index contributed by atoms with van der Waals surface area (Å²) in [5, 5.41) is 9.21. The normalized spacial score (nSPS) is 26.2. The molecule has 1 unspecified atom stereocenters. The number of aliphatic hydroxyl groups is 1. The van der Waals surface area contributed by atoms with E-state index in [-0.39, 0.29) is 0 Å². The van der Waals surface area contributed by atoms with Crippen LogP contribution >= 0.6 is 0 Å². The van der Waals surface area contributed by atoms with Gasteiger partial charge in [-0.05, 0) is 54.9 Å². The number of anilines is 2. The lowest BCUT2D eigenvalue weighted by Crippen LogP contribution is -2.35. The number of benzene rings is 1. The van der Waals surface area contributed by atoms with E-state index in [1.165, 1.54) is 24.9 Å². The number of rotatable bonds is 2. The van der Waals surface area contributed by atoms with Crippen LogP contribution in [0.5, 0.6) is 0 Å². The van der Waals surface area contributed by atoms with Gasteiger partial charge in [-0.3, -0.25) is 0 Å². The molecule has 3 N–H and O–H groups in total. The highest BCUT2D eigenvalue weighted by atomic mass is 16.3. The molecule has 0 aromatic heterocycles. The molecule has 3 nitrogen and oxygen atoms in total. The predicted molar refractivity (Wildman–Crippen MR) is 69.9 cm³/mol. The minimum atomic E-state index is 0.377. The van der Waals surface area contributed by atoms with Crippen molar-refractivity contribution in [3.63, 3.8) is 0 Å². The molecule has 1 spiro atoms. The zero-order valence-electron chi connectivity index (χ0n) is 10.1. The van der Waals surface area contributed by atoms with Crippen molar-refractivity contribution < 1.29 is 5.11 Å². The summed E-state index contributed by atoms with van der Waals surface area (Å²) in [5.41, 5.74) is 8.28. The van der Waals surface area contributed by atoms with Gasteiger partial charge in [0.2, 0.25) is 0 Å². The number of nitrogen functional groups attached to an aromatic ring is 1. The Morgan fingerprint density at radius 1 is 1.24 bits per heavy atom. The Morgan fingerprint density at radius 3 is 2.41 bits per heavy atom. The van der Waals surface area contributed by atoms with Gasteiger partial charge in [-0.15, -0.1) is 0 Å². The van der Waals surface area contributed by atoms with Crippen LogP contribution < -0.4 is 10.6 Å². The molecule has 2 aliphatic rings. The van der Waals surface area contributed by atoms with Gasteiger partial charge in [-0.1, -0.05) is 0 Å². The number of hydrogen-bond acceptors (Lipinski definition) is 3. The summed E-state index contributed by atoms with van der Waals surface area (Å²) in [7, 11) is 0. The van der Waals surface area contributed by atoms with Crippen LogP contribution in [0.2, 0.25) is 0 Å². The van der Waals surface area contributed by atoms with Crippen LogP contribution in [-0.2, 0) is 0 Å². The zero-order chi connectivity index (χ0) is 11.9. The third-order valence-electron chi connectivity index (χ3n) is 4.60. The molecule has 1 saturated heterocycles. The number of piperidine rings is 1. The Bertz CT molecular complexity index is 393. The quantitative estimate of drug-likeness (QED) is 0.765. The van der Waals surface area contributed by atoms with E-state index >= 15 is 0 Å². The van der Waals surface area contributed by atoms with Crippen LogP contribution in [0.15, 0.2) is 24.3 Å². The van der Waals surface area contributed by atoms with Gasteiger partial charge in [0.05, 0.1) is 0 Å². The maximum atomic E-state index is 9.21. The molecular formula is C14H20N2O. The van der Waals surface area contributed by atoms with Crippen molar-refractivity contribution >= 4 is 11.4 Å². The van der Waals surface area contributed by atoms with Gasteiger partial charge in [-0.25, -0.2) is 0 Å². The molecular weight excluding hydrogens is 212 g/mol. The Balaban J connectivity index is 1.64. The summed E-state index contributed by atoms with van der Waals surface area (Å²) in [6, 6.07) is 8.13. The molecule has 1 aliphatic carbocycles. The zero-order valence-corrected chi connectivity index (χ0v) is 10.1. The molecule has 0 amide bonds. The molecule has 1 saturated carbocycles. The molecule has 1 aliphatic heterocycles. The molecule has 1 aromatic rings. The monoisotopic (exact) mass is 232 g/mol. The fraction of sp³-hybridized carbons (Fsp3) is 0.571. The van der Waals surface area contributed by atoms with Crippen LogP contribution in [0.1, 0.15) is 19.3 Å². The van der Waals surface area contributed by atoms with Gasteiger partial charge in [0.15, 0.2) is 0 Å². The molecule has 1 atom stereocenters. The van der Waals surface area contributed by atoms with Crippen molar-refractivity contribution in [1.82, 2.24) is 0 Å². The molecule has 1 aromatic carbocycles. The van der Waals surface area contributed by atoms with Gasteiger partial charge in [0, 0.05) is 31.1 Å². The number of aliphatic hydroxyl groups excluding tert-OH is 1. The summed E-state index contributed by atoms with van der Waals surface area (Å²) in [4.78, 5) is 2.43. The van der Waals surface area contributed by atoms with E-state index in [1.54, 1.807) is 0 Å². The average Bonchev–Trinajstić information content (AvgIpc) is 3.05. The first-order valence-electron chi connectivity index (χ1n) is 6.45. The van der Waals surface area contributed by atoms with Crippen LogP contribution in [-0.4, -0.2) is 24.8 Å². The topological polar surface area (TPSA) is 49.5 Å². The van der Waals surface area contributed by atoms with Crippen LogP contribution in [0.4, 0.5) is 11.4 Å². The number of nitrogens with zero attached hydrogens (tertiary/aromatic N) is 1. The third kappa shape index (κ3) is 1.89. The van der Waals surface area contributed by atoms with E-state index in [1.807, 2.05) is 12.1 Å². The van der Waals surface area contributed by atoms with E-state index in [2.05, 4.69) is 17.0 Å². The van der Waals surface area contributed by atoms with Crippen LogP contribution in [0, 0.1) is 11.3 Å². The van der Waals surface area contributed by atoms with Crippen molar-refractivity contribution in [3.8, 4) is 0 Å². The van der Waals surface area contributed by atoms with Crippen molar-refractivity contribution in [3.05, 3.63) is 24.3 Å². The smallest absolute Gasteiger partial charge is 0.0464 e. The highest BCUT2D eigenvalue weighted by Gasteiger charge is 2.54. The Hall–Kier alpha value is -1.22. The molecule has 17 heavy (non-hydrogen) atoms. The van der Waals surface area contributed by atoms with Gasteiger partial charge < -0.3 is 15.7 Å². The van der Waals surface area contributed by atoms with E-state index in [4.69, 9.17) is 5.73 Å². The molecule has 92 valence electrons. The molecule has 2 fully saturated rings. The van der Waals surface area contributed by atoms with E-state index < -0.39 is 0 Å². The minimum Gasteiger partial charge on any atom is -0.399 e. The first-order valence-corrected chi connectivity index (χ1v) is 6.45. The largest absolute Gasteiger partial charge is 0.399 e. The maximum Gasteiger partial charge on any atom is 0.0464 e. The van der Waals surface area contributed by atoms with Gasteiger partial charge in [0.1, 0.15) is 0 Å². The fourth-order valence-electron chi connectivity index (χ4n) is 3.20. The SMILES string of the molecule is Nc1ccc(N2CCC3(CC2)CC3CO)cc1. The molecule has 0 bridgehead atoms. The summed E-state index contributed by atoms with van der Waals surface area (Å²) in [6.45, 7) is 2.60. The molecule has 3 rings (SSSR count). The molecule has 3 heteroatoms. The fourth-order valence-corrected chi connectivity index (χ4v) is 3.20. The van der Waals surface area contributed by atoms with Crippen molar-refractivity contribution in [1.29, 1.82) is 0 Å². The highest BCUT2D eigenvalue weighted by molar-refractivity contribution is 5.53. The second kappa shape index (κ2) is 3.91. The molecule has 0 radical (unpaired) electrons. The van der Waals surface area contributed by atoms with E-state index in [0.29, 0.717) is 17.9 Å². The van der Waals surface area contributed by atoms with Crippen molar-refractivity contribution in [2.45, 2.75) is 19.3 Å². The highest BCUT2D eigenvalue weighted by Crippen LogP contribution is 2.59. The lowest BCUT2D eigenvalue weighted by Gasteiger charge is -2.34. The Morgan fingerprint density at radius 2 is 1.88 bits per heavy atom. The Labute approximate surface area is 102 Å². The average molecular weight is 232 g/mol. The first kappa shape index (κ1) is 10.9.